The van der Waals surface area contributed by atoms with Crippen molar-refractivity contribution in [2.45, 2.75) is 51.0 Å². The molecule has 1 saturated carbocycles. The average molecular weight is 570 g/mol. The summed E-state index contributed by atoms with van der Waals surface area (Å²) in [7, 11) is 0. The Hall–Kier alpha value is -1.39. The molecule has 2 N–H and O–H groups in total. The Labute approximate surface area is 213 Å². The summed E-state index contributed by atoms with van der Waals surface area (Å²) in [5, 5.41) is 9.33. The molecule has 0 amide bonds. The van der Waals surface area contributed by atoms with Crippen molar-refractivity contribution in [1.82, 2.24) is 15.6 Å². The van der Waals surface area contributed by atoms with Crippen LogP contribution in [0.25, 0.3) is 0 Å². The molecule has 8 heteroatoms. The van der Waals surface area contributed by atoms with Gasteiger partial charge in [-0.05, 0) is 37.3 Å². The topological polar surface area (TPSA) is 61.8 Å². The van der Waals surface area contributed by atoms with E-state index in [0.717, 1.165) is 56.7 Å². The van der Waals surface area contributed by atoms with Crippen LogP contribution in [-0.4, -0.2) is 50.3 Å². The molecule has 0 spiro atoms. The lowest BCUT2D eigenvalue weighted by atomic mass is 9.73. The third-order valence-electron chi connectivity index (χ3n) is 6.38. The molecule has 32 heavy (non-hydrogen) atoms. The lowest BCUT2D eigenvalue weighted by Gasteiger charge is -2.37. The highest BCUT2D eigenvalue weighted by Crippen LogP contribution is 2.41. The van der Waals surface area contributed by atoms with Gasteiger partial charge in [0, 0.05) is 48.2 Å². The van der Waals surface area contributed by atoms with E-state index in [4.69, 9.17) is 9.73 Å². The number of rotatable bonds is 7. The van der Waals surface area contributed by atoms with Crippen LogP contribution in [0.5, 0.6) is 0 Å². The number of thiophene rings is 1. The monoisotopic (exact) mass is 569 g/mol. The summed E-state index contributed by atoms with van der Waals surface area (Å²) in [6.45, 7) is 7.80. The second-order valence-electron chi connectivity index (χ2n) is 8.45. The summed E-state index contributed by atoms with van der Waals surface area (Å²) in [6, 6.07) is 8.64. The van der Waals surface area contributed by atoms with Crippen molar-refractivity contribution in [3.63, 3.8) is 0 Å². The molecule has 0 radical (unpaired) electrons. The molecule has 0 atom stereocenters. The standard InChI is InChI=1S/C24H35N5OS.HI/c1-2-25-23(28-19-24(10-4-3-5-11-24)21-9-7-17-31-21)27-18-20-8-6-12-26-22(20)29-13-15-30-16-14-29;/h6-9,12,17H,2-5,10-11,13-16,18-19H2,1H3,(H2,25,27,28);1H. The van der Waals surface area contributed by atoms with Crippen LogP contribution in [0.15, 0.2) is 40.8 Å². The summed E-state index contributed by atoms with van der Waals surface area (Å²) >= 11 is 1.90. The third-order valence-corrected chi connectivity index (χ3v) is 7.49. The Morgan fingerprint density at radius 2 is 1.97 bits per heavy atom. The van der Waals surface area contributed by atoms with Gasteiger partial charge in [0.1, 0.15) is 5.82 Å². The van der Waals surface area contributed by atoms with Crippen LogP contribution in [-0.2, 0) is 16.7 Å². The predicted octanol–water partition coefficient (Wildman–Crippen LogP) is 4.55. The van der Waals surface area contributed by atoms with Gasteiger partial charge in [0.2, 0.25) is 0 Å². The van der Waals surface area contributed by atoms with Gasteiger partial charge in [0.05, 0.1) is 19.8 Å². The van der Waals surface area contributed by atoms with Crippen molar-refractivity contribution in [3.05, 3.63) is 46.3 Å². The summed E-state index contributed by atoms with van der Waals surface area (Å²) in [6.07, 6.45) is 8.35. The molecule has 3 heterocycles. The number of hydrogen-bond acceptors (Lipinski definition) is 5. The number of anilines is 1. The largest absolute Gasteiger partial charge is 0.378 e. The van der Waals surface area contributed by atoms with Crippen LogP contribution < -0.4 is 15.5 Å². The van der Waals surface area contributed by atoms with Crippen LogP contribution in [0.3, 0.4) is 0 Å². The summed E-state index contributed by atoms with van der Waals surface area (Å²) < 4.78 is 5.50. The highest BCUT2D eigenvalue weighted by molar-refractivity contribution is 14.0. The molecule has 6 nitrogen and oxygen atoms in total. The van der Waals surface area contributed by atoms with E-state index in [1.54, 1.807) is 0 Å². The van der Waals surface area contributed by atoms with E-state index in [1.165, 1.54) is 37.0 Å². The zero-order valence-electron chi connectivity index (χ0n) is 19.0. The molecule has 2 aliphatic rings. The van der Waals surface area contributed by atoms with Crippen molar-refractivity contribution < 1.29 is 4.74 Å². The fourth-order valence-corrected chi connectivity index (χ4v) is 5.68. The zero-order chi connectivity index (χ0) is 21.4. The first-order valence-corrected chi connectivity index (χ1v) is 12.5. The van der Waals surface area contributed by atoms with E-state index in [2.05, 4.69) is 51.0 Å². The van der Waals surface area contributed by atoms with Crippen LogP contribution in [0.1, 0.15) is 49.5 Å². The SMILES string of the molecule is CCNC(=NCc1cccnc1N1CCOCC1)NCC1(c2cccs2)CCCCC1.I. The number of aromatic nitrogens is 1. The number of hydrogen-bond donors (Lipinski definition) is 2. The summed E-state index contributed by atoms with van der Waals surface area (Å²) in [5.41, 5.74) is 1.39. The van der Waals surface area contributed by atoms with E-state index >= 15 is 0 Å². The fraction of sp³-hybridized carbons (Fsp3) is 0.583. The van der Waals surface area contributed by atoms with Gasteiger partial charge in [-0.1, -0.05) is 31.4 Å². The van der Waals surface area contributed by atoms with E-state index in [1.807, 2.05) is 23.6 Å². The number of ether oxygens (including phenoxy) is 1. The Kier molecular flexibility index (Phi) is 10.1. The first-order chi connectivity index (χ1) is 15.3. The van der Waals surface area contributed by atoms with E-state index in [9.17, 15) is 0 Å². The van der Waals surface area contributed by atoms with Crippen LogP contribution in [0, 0.1) is 0 Å². The first-order valence-electron chi connectivity index (χ1n) is 11.6. The van der Waals surface area contributed by atoms with Crippen LogP contribution >= 0.6 is 35.3 Å². The minimum atomic E-state index is 0. The highest BCUT2D eigenvalue weighted by Gasteiger charge is 2.34. The van der Waals surface area contributed by atoms with E-state index < -0.39 is 0 Å². The Balaban J connectivity index is 0.00000289. The van der Waals surface area contributed by atoms with Crippen molar-refractivity contribution in [3.8, 4) is 0 Å². The average Bonchev–Trinajstić information content (AvgIpc) is 3.38. The van der Waals surface area contributed by atoms with Gasteiger partial charge in [-0.15, -0.1) is 35.3 Å². The number of nitrogens with zero attached hydrogens (tertiary/aromatic N) is 3. The minimum Gasteiger partial charge on any atom is -0.378 e. The van der Waals surface area contributed by atoms with Crippen molar-refractivity contribution in [1.29, 1.82) is 0 Å². The quantitative estimate of drug-likeness (QED) is 0.291. The lowest BCUT2D eigenvalue weighted by molar-refractivity contribution is 0.122. The smallest absolute Gasteiger partial charge is 0.191 e. The van der Waals surface area contributed by atoms with Gasteiger partial charge in [-0.3, -0.25) is 0 Å². The highest BCUT2D eigenvalue weighted by atomic mass is 127. The number of nitrogens with one attached hydrogen (secondary N) is 2. The molecule has 1 aliphatic heterocycles. The van der Waals surface area contributed by atoms with Crippen molar-refractivity contribution in [2.24, 2.45) is 4.99 Å². The van der Waals surface area contributed by atoms with Gasteiger partial charge >= 0.3 is 0 Å². The summed E-state index contributed by atoms with van der Waals surface area (Å²) in [4.78, 5) is 13.4. The maximum atomic E-state index is 5.50. The van der Waals surface area contributed by atoms with Crippen LogP contribution in [0.2, 0.25) is 0 Å². The maximum absolute atomic E-state index is 5.50. The van der Waals surface area contributed by atoms with Crippen LogP contribution in [0.4, 0.5) is 5.82 Å². The predicted molar refractivity (Wildman–Crippen MR) is 145 cm³/mol. The van der Waals surface area contributed by atoms with E-state index in [0.29, 0.717) is 6.54 Å². The molecule has 2 fully saturated rings. The second kappa shape index (κ2) is 12.7. The molecule has 1 saturated heterocycles. The van der Waals surface area contributed by atoms with Gasteiger partial charge in [0.15, 0.2) is 5.96 Å². The molecule has 0 unspecified atom stereocenters. The maximum Gasteiger partial charge on any atom is 0.191 e. The molecule has 2 aromatic heterocycles. The first kappa shape index (κ1) is 25.2. The molecule has 176 valence electrons. The van der Waals surface area contributed by atoms with Gasteiger partial charge in [0.25, 0.3) is 0 Å². The Bertz CT molecular complexity index is 833. The van der Waals surface area contributed by atoms with Gasteiger partial charge in [-0.25, -0.2) is 9.98 Å². The van der Waals surface area contributed by atoms with Crippen molar-refractivity contribution >= 4 is 47.1 Å². The Morgan fingerprint density at radius 3 is 2.69 bits per heavy atom. The van der Waals surface area contributed by atoms with Gasteiger partial charge in [-0.2, -0.15) is 0 Å². The third kappa shape index (κ3) is 6.35. The van der Waals surface area contributed by atoms with Gasteiger partial charge < -0.3 is 20.3 Å². The Morgan fingerprint density at radius 1 is 1.16 bits per heavy atom. The molecular weight excluding hydrogens is 533 g/mol. The lowest BCUT2D eigenvalue weighted by Crippen LogP contribution is -2.46. The second-order valence-corrected chi connectivity index (χ2v) is 9.40. The number of aliphatic imine (C=N–C) groups is 1. The number of pyridine rings is 1. The molecule has 0 bridgehead atoms. The molecule has 0 aromatic carbocycles. The molecule has 2 aromatic rings. The number of halogens is 1. The minimum absolute atomic E-state index is 0. The number of morpholine rings is 1. The summed E-state index contributed by atoms with van der Waals surface area (Å²) in [5.74, 6) is 1.92. The fourth-order valence-electron chi connectivity index (χ4n) is 4.69. The van der Waals surface area contributed by atoms with E-state index in [-0.39, 0.29) is 29.4 Å². The molecule has 1 aliphatic carbocycles. The number of guanidine groups is 1. The molecular formula is C24H36IN5OS. The molecule has 4 rings (SSSR count). The normalized spacial score (nSPS) is 18.7. The van der Waals surface area contributed by atoms with Crippen molar-refractivity contribution in [2.75, 3.05) is 44.3 Å². The zero-order valence-corrected chi connectivity index (χ0v) is 22.2.